The predicted octanol–water partition coefficient (Wildman–Crippen LogP) is 0.483. The van der Waals surface area contributed by atoms with Crippen LogP contribution in [0.3, 0.4) is 0 Å². The summed E-state index contributed by atoms with van der Waals surface area (Å²) in [6.45, 7) is 3.53. The molecule has 0 saturated heterocycles. The zero-order chi connectivity index (χ0) is 14.6. The monoisotopic (exact) mass is 288 g/mol. The van der Waals surface area contributed by atoms with Gasteiger partial charge in [0, 0.05) is 18.1 Å². The zero-order valence-electron chi connectivity index (χ0n) is 10.9. The van der Waals surface area contributed by atoms with E-state index in [1.807, 2.05) is 0 Å². The van der Waals surface area contributed by atoms with Crippen molar-refractivity contribution in [3.05, 3.63) is 17.5 Å². The summed E-state index contributed by atoms with van der Waals surface area (Å²) in [6.07, 6.45) is 2.38. The van der Waals surface area contributed by atoms with E-state index in [-0.39, 0.29) is 17.9 Å². The molecule has 0 aliphatic carbocycles. The third-order valence-corrected chi connectivity index (χ3v) is 3.01. The zero-order valence-corrected chi connectivity index (χ0v) is 11.8. The van der Waals surface area contributed by atoms with E-state index in [2.05, 4.69) is 10.3 Å². The lowest BCUT2D eigenvalue weighted by Crippen LogP contribution is -2.23. The number of anilines is 1. The lowest BCUT2D eigenvalue weighted by atomic mass is 10.2. The van der Waals surface area contributed by atoms with Gasteiger partial charge in [0.25, 0.3) is 0 Å². The highest BCUT2D eigenvalue weighted by Gasteiger charge is 2.20. The SMILES string of the molecule is CCOC(=O)c1c(NC(=O)CS(C)(=O)=O)c[nH]c1C. The largest absolute Gasteiger partial charge is 0.462 e. The molecule has 0 saturated carbocycles. The Kier molecular flexibility index (Phi) is 4.71. The molecule has 0 fully saturated rings. The van der Waals surface area contributed by atoms with Crippen molar-refractivity contribution in [2.45, 2.75) is 13.8 Å². The summed E-state index contributed by atoms with van der Waals surface area (Å²) >= 11 is 0. The average Bonchev–Trinajstić information content (AvgIpc) is 2.57. The minimum atomic E-state index is -3.42. The number of hydrogen-bond donors (Lipinski definition) is 2. The fourth-order valence-corrected chi connectivity index (χ4v) is 2.06. The predicted molar refractivity (Wildman–Crippen MR) is 69.8 cm³/mol. The number of carbonyl (C=O) groups is 2. The molecule has 2 N–H and O–H groups in total. The molecule has 0 atom stereocenters. The Labute approximate surface area is 111 Å². The lowest BCUT2D eigenvalue weighted by Gasteiger charge is -2.06. The Balaban J connectivity index is 2.91. The molecule has 0 aliphatic heterocycles. The van der Waals surface area contributed by atoms with Crippen LogP contribution in [0.5, 0.6) is 0 Å². The van der Waals surface area contributed by atoms with Gasteiger partial charge in [-0.15, -0.1) is 0 Å². The quantitative estimate of drug-likeness (QED) is 0.767. The van der Waals surface area contributed by atoms with Crippen LogP contribution in [-0.4, -0.2) is 43.9 Å². The van der Waals surface area contributed by atoms with Gasteiger partial charge in [0.2, 0.25) is 5.91 Å². The summed E-state index contributed by atoms with van der Waals surface area (Å²) in [5.74, 6) is -1.91. The van der Waals surface area contributed by atoms with Crippen molar-refractivity contribution in [1.82, 2.24) is 4.98 Å². The molecule has 106 valence electrons. The first-order chi connectivity index (χ1) is 8.74. The van der Waals surface area contributed by atoms with E-state index in [0.717, 1.165) is 6.26 Å². The van der Waals surface area contributed by atoms with Gasteiger partial charge in [0.15, 0.2) is 9.84 Å². The highest BCUT2D eigenvalue weighted by atomic mass is 32.2. The van der Waals surface area contributed by atoms with Gasteiger partial charge in [-0.25, -0.2) is 13.2 Å². The molecule has 0 bridgehead atoms. The molecule has 1 rings (SSSR count). The van der Waals surface area contributed by atoms with Crippen molar-refractivity contribution >= 4 is 27.4 Å². The Bertz CT molecular complexity index is 588. The maximum absolute atomic E-state index is 11.7. The van der Waals surface area contributed by atoms with Gasteiger partial charge < -0.3 is 15.0 Å². The third kappa shape index (κ3) is 4.40. The molecule has 0 aliphatic rings. The standard InChI is InChI=1S/C11H16N2O5S/c1-4-18-11(15)10-7(2)12-5-8(10)13-9(14)6-19(3,16)17/h5,12H,4,6H2,1-3H3,(H,13,14). The van der Waals surface area contributed by atoms with E-state index >= 15 is 0 Å². The van der Waals surface area contributed by atoms with Gasteiger partial charge in [0.05, 0.1) is 12.3 Å². The second kappa shape index (κ2) is 5.87. The summed E-state index contributed by atoms with van der Waals surface area (Å²) in [6, 6.07) is 0. The summed E-state index contributed by atoms with van der Waals surface area (Å²) < 4.78 is 26.9. The molecule has 0 aromatic carbocycles. The van der Waals surface area contributed by atoms with Crippen LogP contribution in [0.1, 0.15) is 23.0 Å². The van der Waals surface area contributed by atoms with Gasteiger partial charge in [0.1, 0.15) is 11.3 Å². The van der Waals surface area contributed by atoms with Crippen molar-refractivity contribution in [3.63, 3.8) is 0 Å². The second-order valence-corrected chi connectivity index (χ2v) is 6.18. The summed E-state index contributed by atoms with van der Waals surface area (Å²) in [5.41, 5.74) is 0.946. The molecule has 1 aromatic rings. The van der Waals surface area contributed by atoms with Crippen molar-refractivity contribution < 1.29 is 22.7 Å². The third-order valence-electron chi connectivity index (χ3n) is 2.22. The van der Waals surface area contributed by atoms with E-state index in [1.165, 1.54) is 6.20 Å². The lowest BCUT2D eigenvalue weighted by molar-refractivity contribution is -0.113. The smallest absolute Gasteiger partial charge is 0.342 e. The van der Waals surface area contributed by atoms with Gasteiger partial charge in [-0.05, 0) is 13.8 Å². The first-order valence-electron chi connectivity index (χ1n) is 5.57. The van der Waals surface area contributed by atoms with Crippen molar-refractivity contribution in [1.29, 1.82) is 0 Å². The molecule has 7 nitrogen and oxygen atoms in total. The number of rotatable bonds is 5. The number of esters is 1. The average molecular weight is 288 g/mol. The Hall–Kier alpha value is -1.83. The number of carbonyl (C=O) groups excluding carboxylic acids is 2. The normalized spacial score (nSPS) is 11.1. The van der Waals surface area contributed by atoms with Crippen LogP contribution in [0, 0.1) is 6.92 Å². The fourth-order valence-electron chi connectivity index (χ4n) is 1.52. The number of aromatic nitrogens is 1. The molecule has 0 unspecified atom stereocenters. The number of sulfone groups is 1. The molecular formula is C11H16N2O5S. The van der Waals surface area contributed by atoms with Crippen molar-refractivity contribution in [3.8, 4) is 0 Å². The van der Waals surface area contributed by atoms with Gasteiger partial charge in [-0.1, -0.05) is 0 Å². The second-order valence-electron chi connectivity index (χ2n) is 4.04. The Morgan fingerprint density at radius 2 is 2.05 bits per heavy atom. The maximum Gasteiger partial charge on any atom is 0.342 e. The highest BCUT2D eigenvalue weighted by Crippen LogP contribution is 2.20. The van der Waals surface area contributed by atoms with Gasteiger partial charge in [-0.3, -0.25) is 4.79 Å². The van der Waals surface area contributed by atoms with Crippen LogP contribution in [0.15, 0.2) is 6.20 Å². The molecule has 19 heavy (non-hydrogen) atoms. The number of nitrogens with one attached hydrogen (secondary N) is 2. The number of H-pyrrole nitrogens is 1. The maximum atomic E-state index is 11.7. The molecule has 1 aromatic heterocycles. The summed E-state index contributed by atoms with van der Waals surface area (Å²) in [4.78, 5) is 26.0. The van der Waals surface area contributed by atoms with Crippen LogP contribution in [-0.2, 0) is 19.4 Å². The van der Waals surface area contributed by atoms with Crippen LogP contribution in [0.2, 0.25) is 0 Å². The van der Waals surface area contributed by atoms with Crippen molar-refractivity contribution in [2.24, 2.45) is 0 Å². The van der Waals surface area contributed by atoms with Crippen molar-refractivity contribution in [2.75, 3.05) is 23.9 Å². The Morgan fingerprint density at radius 3 is 2.58 bits per heavy atom. The molecular weight excluding hydrogens is 272 g/mol. The fraction of sp³-hybridized carbons (Fsp3) is 0.455. The minimum Gasteiger partial charge on any atom is -0.462 e. The topological polar surface area (TPSA) is 105 Å². The molecule has 1 amide bonds. The van der Waals surface area contributed by atoms with Crippen LogP contribution >= 0.6 is 0 Å². The number of aryl methyl sites for hydroxylation is 1. The number of amides is 1. The van der Waals surface area contributed by atoms with Crippen LogP contribution in [0.25, 0.3) is 0 Å². The van der Waals surface area contributed by atoms with Gasteiger partial charge in [-0.2, -0.15) is 0 Å². The first kappa shape index (κ1) is 15.2. The highest BCUT2D eigenvalue weighted by molar-refractivity contribution is 7.91. The van der Waals surface area contributed by atoms with E-state index in [9.17, 15) is 18.0 Å². The number of hydrogen-bond acceptors (Lipinski definition) is 5. The summed E-state index contributed by atoms with van der Waals surface area (Å²) in [5, 5.41) is 2.38. The van der Waals surface area contributed by atoms with E-state index in [1.54, 1.807) is 13.8 Å². The molecule has 1 heterocycles. The Morgan fingerprint density at radius 1 is 1.42 bits per heavy atom. The number of ether oxygens (including phenoxy) is 1. The van der Waals surface area contributed by atoms with E-state index < -0.39 is 27.5 Å². The van der Waals surface area contributed by atoms with Gasteiger partial charge >= 0.3 is 5.97 Å². The molecule has 0 radical (unpaired) electrons. The minimum absolute atomic E-state index is 0.198. The number of aromatic amines is 1. The van der Waals surface area contributed by atoms with E-state index in [0.29, 0.717) is 5.69 Å². The molecule has 0 spiro atoms. The first-order valence-corrected chi connectivity index (χ1v) is 7.63. The van der Waals surface area contributed by atoms with E-state index in [4.69, 9.17) is 4.74 Å². The van der Waals surface area contributed by atoms with Crippen LogP contribution in [0.4, 0.5) is 5.69 Å². The van der Waals surface area contributed by atoms with Crippen LogP contribution < -0.4 is 5.32 Å². The molecule has 8 heteroatoms. The summed E-state index contributed by atoms with van der Waals surface area (Å²) in [7, 11) is -3.42.